The fraction of sp³-hybridized carbons (Fsp3) is 0.211. The molecule has 1 aliphatic heterocycles. The van der Waals surface area contributed by atoms with Crippen LogP contribution in [0.15, 0.2) is 53.2 Å². The molecule has 1 N–H and O–H groups in total. The fourth-order valence-corrected chi connectivity index (χ4v) is 3.17. The van der Waals surface area contributed by atoms with E-state index in [1.807, 2.05) is 36.1 Å². The van der Waals surface area contributed by atoms with Crippen LogP contribution in [0.4, 0.5) is 17.2 Å². The predicted molar refractivity (Wildman–Crippen MR) is 95.2 cm³/mol. The molecule has 1 aliphatic rings. The van der Waals surface area contributed by atoms with Crippen LogP contribution in [0.25, 0.3) is 0 Å². The number of aromatic nitrogens is 2. The third-order valence-corrected chi connectivity index (χ3v) is 4.31. The number of carbonyl (C=O) groups excluding carboxylic acids is 1. The van der Waals surface area contributed by atoms with E-state index in [0.29, 0.717) is 11.5 Å². The van der Waals surface area contributed by atoms with Gasteiger partial charge in [0, 0.05) is 17.8 Å². The molecule has 0 spiro atoms. The molecule has 0 fully saturated rings. The molecule has 4 rings (SSSR count). The largest absolute Gasteiger partial charge is 0.360 e. The summed E-state index contributed by atoms with van der Waals surface area (Å²) in [6.07, 6.45) is 2.50. The first kappa shape index (κ1) is 15.4. The van der Waals surface area contributed by atoms with Gasteiger partial charge in [0.2, 0.25) is 0 Å². The first-order valence-corrected chi connectivity index (χ1v) is 8.19. The zero-order valence-corrected chi connectivity index (χ0v) is 14.1. The summed E-state index contributed by atoms with van der Waals surface area (Å²) in [7, 11) is 0. The lowest BCUT2D eigenvalue weighted by Gasteiger charge is -2.22. The number of benzene rings is 1. The van der Waals surface area contributed by atoms with Crippen LogP contribution in [0.3, 0.4) is 0 Å². The van der Waals surface area contributed by atoms with Crippen LogP contribution >= 0.6 is 0 Å². The Kier molecular flexibility index (Phi) is 3.72. The van der Waals surface area contributed by atoms with Crippen molar-refractivity contribution < 1.29 is 9.32 Å². The fourth-order valence-electron chi connectivity index (χ4n) is 3.17. The molecule has 25 heavy (non-hydrogen) atoms. The van der Waals surface area contributed by atoms with Crippen LogP contribution in [0.2, 0.25) is 0 Å². The number of nitrogens with one attached hydrogen (secondary N) is 1. The zero-order chi connectivity index (χ0) is 17.4. The molecule has 1 unspecified atom stereocenters. The third kappa shape index (κ3) is 2.87. The number of fused-ring (bicyclic) bond motifs is 1. The Balaban J connectivity index is 1.55. The van der Waals surface area contributed by atoms with Gasteiger partial charge in [0.25, 0.3) is 5.91 Å². The number of carbonyl (C=O) groups is 1. The van der Waals surface area contributed by atoms with E-state index >= 15 is 0 Å². The Morgan fingerprint density at radius 3 is 2.84 bits per heavy atom. The maximum Gasteiger partial charge on any atom is 0.277 e. The van der Waals surface area contributed by atoms with Crippen LogP contribution in [-0.4, -0.2) is 22.1 Å². The van der Waals surface area contributed by atoms with Crippen LogP contribution in [0, 0.1) is 6.92 Å². The van der Waals surface area contributed by atoms with Crippen molar-refractivity contribution >= 4 is 23.1 Å². The van der Waals surface area contributed by atoms with Gasteiger partial charge in [0.1, 0.15) is 11.5 Å². The van der Waals surface area contributed by atoms with Crippen LogP contribution in [-0.2, 0) is 6.42 Å². The molecule has 0 aliphatic carbocycles. The van der Waals surface area contributed by atoms with E-state index in [2.05, 4.69) is 28.4 Å². The summed E-state index contributed by atoms with van der Waals surface area (Å²) in [5.74, 6) is 1.26. The SMILES string of the molecule is Cc1cc(Nc2ccc(C(=O)N3c4ccccc4CC3C)nc2)no1. The number of hydrogen-bond acceptors (Lipinski definition) is 5. The highest BCUT2D eigenvalue weighted by Gasteiger charge is 2.31. The second-order valence-electron chi connectivity index (χ2n) is 6.24. The van der Waals surface area contributed by atoms with Crippen molar-refractivity contribution in [1.82, 2.24) is 10.1 Å². The number of rotatable bonds is 3. The Labute approximate surface area is 145 Å². The molecule has 0 bridgehead atoms. The number of amides is 1. The molecule has 6 nitrogen and oxygen atoms in total. The monoisotopic (exact) mass is 334 g/mol. The molecule has 3 aromatic rings. The van der Waals surface area contributed by atoms with E-state index in [9.17, 15) is 4.79 Å². The molecule has 1 atom stereocenters. The number of hydrogen-bond donors (Lipinski definition) is 1. The van der Waals surface area contributed by atoms with E-state index < -0.39 is 0 Å². The normalized spacial score (nSPS) is 15.9. The van der Waals surface area contributed by atoms with E-state index in [1.54, 1.807) is 18.3 Å². The van der Waals surface area contributed by atoms with E-state index in [-0.39, 0.29) is 11.9 Å². The molecular formula is C19H18N4O2. The third-order valence-electron chi connectivity index (χ3n) is 4.31. The summed E-state index contributed by atoms with van der Waals surface area (Å²) in [6.45, 7) is 3.88. The topological polar surface area (TPSA) is 71.3 Å². The molecule has 3 heterocycles. The average molecular weight is 334 g/mol. The molecule has 0 radical (unpaired) electrons. The second-order valence-corrected chi connectivity index (χ2v) is 6.24. The summed E-state index contributed by atoms with van der Waals surface area (Å²) < 4.78 is 5.02. The highest BCUT2D eigenvalue weighted by atomic mass is 16.5. The minimum Gasteiger partial charge on any atom is -0.360 e. The van der Waals surface area contributed by atoms with Crippen molar-refractivity contribution in [2.75, 3.05) is 10.2 Å². The number of pyridine rings is 1. The molecule has 0 saturated heterocycles. The van der Waals surface area contributed by atoms with Gasteiger partial charge in [0.05, 0.1) is 11.9 Å². The first-order valence-electron chi connectivity index (χ1n) is 8.19. The highest BCUT2D eigenvalue weighted by Crippen LogP contribution is 2.32. The van der Waals surface area contributed by atoms with Crippen molar-refractivity contribution in [3.63, 3.8) is 0 Å². The quantitative estimate of drug-likeness (QED) is 0.790. The standard InChI is InChI=1S/C19H18N4O2/c1-12-9-14-5-3-4-6-17(14)23(12)19(24)16-8-7-15(11-20-16)21-18-10-13(2)25-22-18/h3-8,10-12H,9H2,1-2H3,(H,21,22). The molecular weight excluding hydrogens is 316 g/mol. The molecule has 126 valence electrons. The summed E-state index contributed by atoms with van der Waals surface area (Å²) >= 11 is 0. The van der Waals surface area contributed by atoms with Gasteiger partial charge < -0.3 is 14.7 Å². The molecule has 1 amide bonds. The summed E-state index contributed by atoms with van der Waals surface area (Å²) in [6, 6.07) is 13.5. The van der Waals surface area contributed by atoms with Crippen LogP contribution < -0.4 is 10.2 Å². The van der Waals surface area contributed by atoms with Gasteiger partial charge in [-0.3, -0.25) is 4.79 Å². The van der Waals surface area contributed by atoms with Crippen molar-refractivity contribution in [1.29, 1.82) is 0 Å². The van der Waals surface area contributed by atoms with Crippen molar-refractivity contribution in [3.05, 3.63) is 65.7 Å². The van der Waals surface area contributed by atoms with Crippen molar-refractivity contribution in [2.45, 2.75) is 26.3 Å². The van der Waals surface area contributed by atoms with E-state index in [1.165, 1.54) is 5.56 Å². The van der Waals surface area contributed by atoms with Crippen molar-refractivity contribution in [3.8, 4) is 0 Å². The Hall–Kier alpha value is -3.15. The van der Waals surface area contributed by atoms with Crippen LogP contribution in [0.1, 0.15) is 28.7 Å². The Morgan fingerprint density at radius 2 is 2.12 bits per heavy atom. The van der Waals surface area contributed by atoms with Gasteiger partial charge in [0.15, 0.2) is 5.82 Å². The van der Waals surface area contributed by atoms with Gasteiger partial charge in [-0.25, -0.2) is 4.98 Å². The number of nitrogens with zero attached hydrogens (tertiary/aromatic N) is 3. The van der Waals surface area contributed by atoms with Gasteiger partial charge in [-0.15, -0.1) is 0 Å². The minimum absolute atomic E-state index is 0.0821. The van der Waals surface area contributed by atoms with Crippen LogP contribution in [0.5, 0.6) is 0 Å². The first-order chi connectivity index (χ1) is 12.1. The minimum atomic E-state index is -0.0821. The number of aryl methyl sites for hydroxylation is 1. The molecule has 2 aromatic heterocycles. The Bertz CT molecular complexity index is 917. The predicted octanol–water partition coefficient (Wildman–Crippen LogP) is 3.71. The summed E-state index contributed by atoms with van der Waals surface area (Å²) in [4.78, 5) is 19.1. The average Bonchev–Trinajstić information content (AvgIpc) is 3.17. The van der Waals surface area contributed by atoms with Gasteiger partial charge in [-0.05, 0) is 44.0 Å². The maximum absolute atomic E-state index is 12.9. The highest BCUT2D eigenvalue weighted by molar-refractivity contribution is 6.06. The maximum atomic E-state index is 12.9. The lowest BCUT2D eigenvalue weighted by Crippen LogP contribution is -2.36. The molecule has 1 aromatic carbocycles. The molecule has 6 heteroatoms. The lowest BCUT2D eigenvalue weighted by atomic mass is 10.1. The Morgan fingerprint density at radius 1 is 1.28 bits per heavy atom. The van der Waals surface area contributed by atoms with Gasteiger partial charge in [-0.1, -0.05) is 23.4 Å². The van der Waals surface area contributed by atoms with E-state index in [4.69, 9.17) is 4.52 Å². The zero-order valence-electron chi connectivity index (χ0n) is 14.1. The lowest BCUT2D eigenvalue weighted by molar-refractivity contribution is 0.0976. The van der Waals surface area contributed by atoms with E-state index in [0.717, 1.165) is 23.6 Å². The second kappa shape index (κ2) is 6.05. The summed E-state index contributed by atoms with van der Waals surface area (Å²) in [5.41, 5.74) is 3.34. The smallest absolute Gasteiger partial charge is 0.277 e. The molecule has 0 saturated carbocycles. The van der Waals surface area contributed by atoms with Crippen molar-refractivity contribution in [2.24, 2.45) is 0 Å². The van der Waals surface area contributed by atoms with Gasteiger partial charge >= 0.3 is 0 Å². The van der Waals surface area contributed by atoms with Gasteiger partial charge in [-0.2, -0.15) is 0 Å². The number of anilines is 3. The number of para-hydroxylation sites is 1. The summed E-state index contributed by atoms with van der Waals surface area (Å²) in [5, 5.41) is 6.97.